The van der Waals surface area contributed by atoms with E-state index in [0.29, 0.717) is 11.3 Å². The quantitative estimate of drug-likeness (QED) is 0.614. The van der Waals surface area contributed by atoms with Crippen LogP contribution in [0.3, 0.4) is 0 Å². The van der Waals surface area contributed by atoms with E-state index < -0.39 is 0 Å². The number of ether oxygens (including phenoxy) is 1. The van der Waals surface area contributed by atoms with Crippen molar-refractivity contribution in [1.82, 2.24) is 5.32 Å². The van der Waals surface area contributed by atoms with Gasteiger partial charge in [-0.15, -0.1) is 0 Å². The number of nitrogens with one attached hydrogen (secondary N) is 1. The third-order valence-electron chi connectivity index (χ3n) is 2.09. The molecule has 0 aromatic carbocycles. The minimum Gasteiger partial charge on any atom is -0.384 e. The average molecular weight is 205 g/mol. The molecule has 2 atom stereocenters. The molecule has 0 fully saturated rings. The van der Waals surface area contributed by atoms with Crippen molar-refractivity contribution in [2.75, 3.05) is 26.0 Å². The fourth-order valence-corrected chi connectivity index (χ4v) is 2.02. The molecule has 0 aromatic heterocycles. The summed E-state index contributed by atoms with van der Waals surface area (Å²) in [5.74, 6) is 1.09. The van der Waals surface area contributed by atoms with Crippen LogP contribution in [0, 0.1) is 0 Å². The van der Waals surface area contributed by atoms with Crippen LogP contribution < -0.4 is 5.32 Å². The van der Waals surface area contributed by atoms with Gasteiger partial charge in [0, 0.05) is 24.2 Å². The second-order valence-electron chi connectivity index (χ2n) is 3.31. The second kappa shape index (κ2) is 8.85. The normalized spacial score (nSPS) is 15.7. The van der Waals surface area contributed by atoms with Gasteiger partial charge in [0.05, 0.1) is 6.61 Å². The maximum Gasteiger partial charge on any atom is 0.0553 e. The molecule has 0 rings (SSSR count). The van der Waals surface area contributed by atoms with Crippen LogP contribution in [0.15, 0.2) is 0 Å². The first-order valence-electron chi connectivity index (χ1n) is 5.06. The predicted molar refractivity (Wildman–Crippen MR) is 61.6 cm³/mol. The summed E-state index contributed by atoms with van der Waals surface area (Å²) in [5.41, 5.74) is 0. The Morgan fingerprint density at radius 1 is 1.38 bits per heavy atom. The Morgan fingerprint density at radius 2 is 2.08 bits per heavy atom. The highest BCUT2D eigenvalue weighted by molar-refractivity contribution is 7.99. The molecule has 0 bridgehead atoms. The molecule has 0 radical (unpaired) electrons. The van der Waals surface area contributed by atoms with E-state index in [4.69, 9.17) is 4.74 Å². The Hall–Kier alpha value is 0.270. The van der Waals surface area contributed by atoms with Crippen LogP contribution in [0.1, 0.15) is 27.2 Å². The Morgan fingerprint density at radius 3 is 2.62 bits per heavy atom. The highest BCUT2D eigenvalue weighted by Crippen LogP contribution is 2.13. The lowest BCUT2D eigenvalue weighted by Gasteiger charge is -2.20. The molecule has 80 valence electrons. The van der Waals surface area contributed by atoms with E-state index in [9.17, 15) is 0 Å². The van der Waals surface area contributed by atoms with Gasteiger partial charge in [0.25, 0.3) is 0 Å². The molecule has 0 heterocycles. The van der Waals surface area contributed by atoms with Gasteiger partial charge in [-0.1, -0.05) is 13.8 Å². The predicted octanol–water partition coefficient (Wildman–Crippen LogP) is 2.14. The summed E-state index contributed by atoms with van der Waals surface area (Å²) in [6.45, 7) is 8.70. The van der Waals surface area contributed by atoms with Crippen LogP contribution in [0.25, 0.3) is 0 Å². The van der Waals surface area contributed by atoms with Crippen LogP contribution in [0.4, 0.5) is 0 Å². The number of methoxy groups -OCH3 is 1. The molecule has 0 saturated heterocycles. The number of thioether (sulfide) groups is 1. The van der Waals surface area contributed by atoms with E-state index in [-0.39, 0.29) is 0 Å². The maximum atomic E-state index is 5.01. The van der Waals surface area contributed by atoms with Gasteiger partial charge in [-0.05, 0) is 19.9 Å². The number of hydrogen-bond acceptors (Lipinski definition) is 3. The summed E-state index contributed by atoms with van der Waals surface area (Å²) in [7, 11) is 1.75. The largest absolute Gasteiger partial charge is 0.384 e. The van der Waals surface area contributed by atoms with Crippen molar-refractivity contribution >= 4 is 11.8 Å². The van der Waals surface area contributed by atoms with Crippen LogP contribution in [0.5, 0.6) is 0 Å². The average Bonchev–Trinajstić information content (AvgIpc) is 2.14. The molecule has 3 heteroatoms. The highest BCUT2D eigenvalue weighted by atomic mass is 32.2. The van der Waals surface area contributed by atoms with Crippen LogP contribution in [-0.4, -0.2) is 37.3 Å². The lowest BCUT2D eigenvalue weighted by molar-refractivity contribution is 0.218. The molecule has 0 aliphatic heterocycles. The summed E-state index contributed by atoms with van der Waals surface area (Å²) in [6.07, 6.45) is 1.21. The van der Waals surface area contributed by atoms with Gasteiger partial charge in [0.1, 0.15) is 0 Å². The Bertz CT molecular complexity index is 111. The highest BCUT2D eigenvalue weighted by Gasteiger charge is 2.10. The zero-order valence-electron chi connectivity index (χ0n) is 9.30. The van der Waals surface area contributed by atoms with Crippen LogP contribution in [-0.2, 0) is 4.74 Å². The molecular weight excluding hydrogens is 182 g/mol. The SMILES string of the molecule is CCCNC(C)C(C)SCCOC. The molecule has 0 saturated carbocycles. The van der Waals surface area contributed by atoms with E-state index in [1.807, 2.05) is 11.8 Å². The van der Waals surface area contributed by atoms with Crippen molar-refractivity contribution < 1.29 is 4.74 Å². The van der Waals surface area contributed by atoms with Gasteiger partial charge in [0.2, 0.25) is 0 Å². The summed E-state index contributed by atoms with van der Waals surface area (Å²) in [4.78, 5) is 0. The number of rotatable bonds is 8. The van der Waals surface area contributed by atoms with Crippen LogP contribution in [0.2, 0.25) is 0 Å². The van der Waals surface area contributed by atoms with Crippen molar-refractivity contribution in [1.29, 1.82) is 0 Å². The van der Waals surface area contributed by atoms with Crippen molar-refractivity contribution in [3.8, 4) is 0 Å². The Balaban J connectivity index is 3.38. The molecule has 0 amide bonds. The molecule has 1 N–H and O–H groups in total. The smallest absolute Gasteiger partial charge is 0.0553 e. The zero-order valence-corrected chi connectivity index (χ0v) is 10.1. The lowest BCUT2D eigenvalue weighted by Crippen LogP contribution is -2.34. The van der Waals surface area contributed by atoms with E-state index in [1.54, 1.807) is 7.11 Å². The molecule has 0 aliphatic carbocycles. The van der Waals surface area contributed by atoms with Gasteiger partial charge in [-0.25, -0.2) is 0 Å². The third kappa shape index (κ3) is 7.35. The summed E-state index contributed by atoms with van der Waals surface area (Å²) < 4.78 is 5.01. The first kappa shape index (κ1) is 13.3. The van der Waals surface area contributed by atoms with Gasteiger partial charge in [-0.2, -0.15) is 11.8 Å². The van der Waals surface area contributed by atoms with Gasteiger partial charge in [0.15, 0.2) is 0 Å². The minimum atomic E-state index is 0.599. The molecular formula is C10H23NOS. The summed E-state index contributed by atoms with van der Waals surface area (Å²) >= 11 is 1.97. The summed E-state index contributed by atoms with van der Waals surface area (Å²) in [6, 6.07) is 0.599. The molecule has 0 aromatic rings. The van der Waals surface area contributed by atoms with Gasteiger partial charge >= 0.3 is 0 Å². The molecule has 0 aliphatic rings. The fourth-order valence-electron chi connectivity index (χ4n) is 1.000. The van der Waals surface area contributed by atoms with E-state index in [2.05, 4.69) is 26.1 Å². The standard InChI is InChI=1S/C10H23NOS/c1-5-6-11-9(2)10(3)13-8-7-12-4/h9-11H,5-8H2,1-4H3. The van der Waals surface area contributed by atoms with Crippen molar-refractivity contribution in [3.63, 3.8) is 0 Å². The fraction of sp³-hybridized carbons (Fsp3) is 1.00. The van der Waals surface area contributed by atoms with Gasteiger partial charge in [-0.3, -0.25) is 0 Å². The molecule has 2 unspecified atom stereocenters. The Kier molecular flexibility index (Phi) is 9.03. The Labute approximate surface area is 86.8 Å². The lowest BCUT2D eigenvalue weighted by atomic mass is 10.2. The zero-order chi connectivity index (χ0) is 10.1. The van der Waals surface area contributed by atoms with Crippen LogP contribution >= 0.6 is 11.8 Å². The number of hydrogen-bond donors (Lipinski definition) is 1. The first-order valence-corrected chi connectivity index (χ1v) is 6.11. The summed E-state index contributed by atoms with van der Waals surface area (Å²) in [5, 5.41) is 4.17. The van der Waals surface area contributed by atoms with E-state index in [1.165, 1.54) is 6.42 Å². The van der Waals surface area contributed by atoms with Crippen molar-refractivity contribution in [3.05, 3.63) is 0 Å². The third-order valence-corrected chi connectivity index (χ3v) is 3.43. The molecule has 0 spiro atoms. The monoisotopic (exact) mass is 205 g/mol. The van der Waals surface area contributed by atoms with E-state index >= 15 is 0 Å². The minimum absolute atomic E-state index is 0.599. The maximum absolute atomic E-state index is 5.01. The first-order chi connectivity index (χ1) is 6.22. The van der Waals surface area contributed by atoms with Crippen molar-refractivity contribution in [2.45, 2.75) is 38.5 Å². The van der Waals surface area contributed by atoms with Gasteiger partial charge < -0.3 is 10.1 Å². The molecule has 13 heavy (non-hydrogen) atoms. The van der Waals surface area contributed by atoms with Crippen molar-refractivity contribution in [2.24, 2.45) is 0 Å². The second-order valence-corrected chi connectivity index (χ2v) is 4.80. The van der Waals surface area contributed by atoms with E-state index in [0.717, 1.165) is 18.9 Å². The molecule has 2 nitrogen and oxygen atoms in total. The topological polar surface area (TPSA) is 21.3 Å².